The van der Waals surface area contributed by atoms with Gasteiger partial charge in [0.05, 0.1) is 37.2 Å². The number of methoxy groups -OCH3 is 1. The first-order chi connectivity index (χ1) is 22.9. The second kappa shape index (κ2) is 13.9. The van der Waals surface area contributed by atoms with Crippen LogP contribution in [-0.4, -0.2) is 60.1 Å². The van der Waals surface area contributed by atoms with E-state index in [0.717, 1.165) is 68.3 Å². The number of amides is 2. The van der Waals surface area contributed by atoms with Crippen molar-refractivity contribution in [3.63, 3.8) is 0 Å². The molecule has 0 saturated heterocycles. The quantitative estimate of drug-likeness (QED) is 0.264. The first-order valence-electron chi connectivity index (χ1n) is 17.3. The van der Waals surface area contributed by atoms with E-state index in [1.165, 1.54) is 38.9 Å². The van der Waals surface area contributed by atoms with Gasteiger partial charge in [0.15, 0.2) is 6.04 Å². The Bertz CT molecular complexity index is 1450. The smallest absolute Gasteiger partial charge is 0.337 e. The number of hydrazine groups is 1. The zero-order valence-corrected chi connectivity index (χ0v) is 27.2. The summed E-state index contributed by atoms with van der Waals surface area (Å²) in [6.45, 7) is 0.549. The van der Waals surface area contributed by atoms with Crippen molar-refractivity contribution in [1.82, 2.24) is 15.9 Å². The van der Waals surface area contributed by atoms with Gasteiger partial charge in [0.2, 0.25) is 0 Å². The lowest BCUT2D eigenvalue weighted by atomic mass is 9.54. The normalized spacial score (nSPS) is 30.1. The predicted octanol–water partition coefficient (Wildman–Crippen LogP) is 5.38. The summed E-state index contributed by atoms with van der Waals surface area (Å²) in [7, 11) is 1.29. The van der Waals surface area contributed by atoms with Crippen molar-refractivity contribution in [3.05, 3.63) is 71.3 Å². The molecule has 1 heterocycles. The fourth-order valence-electron chi connectivity index (χ4n) is 9.20. The van der Waals surface area contributed by atoms with E-state index < -0.39 is 23.8 Å². The minimum Gasteiger partial charge on any atom is -0.465 e. The number of hydrogen-bond donors (Lipinski definition) is 2. The van der Waals surface area contributed by atoms with Crippen LogP contribution in [0, 0.1) is 23.7 Å². The van der Waals surface area contributed by atoms with E-state index in [-0.39, 0.29) is 35.4 Å². The number of hydroxylamine groups is 2. The Balaban J connectivity index is 1.12. The first-order valence-corrected chi connectivity index (χ1v) is 17.3. The van der Waals surface area contributed by atoms with Gasteiger partial charge in [0.1, 0.15) is 6.17 Å². The molecule has 10 nitrogen and oxygen atoms in total. The number of rotatable bonds is 10. The molecule has 10 heteroatoms. The van der Waals surface area contributed by atoms with Gasteiger partial charge in [0.25, 0.3) is 11.8 Å². The molecule has 250 valence electrons. The van der Waals surface area contributed by atoms with Crippen molar-refractivity contribution in [2.75, 3.05) is 13.7 Å². The summed E-state index contributed by atoms with van der Waals surface area (Å²) in [4.78, 5) is 51.0. The number of hydrogen-bond acceptors (Lipinski definition) is 8. The molecule has 1 aliphatic heterocycles. The lowest BCUT2D eigenvalue weighted by Crippen LogP contribution is -2.57. The Kier molecular flexibility index (Phi) is 9.43. The summed E-state index contributed by atoms with van der Waals surface area (Å²) < 4.78 is 11.7. The topological polar surface area (TPSA) is 119 Å². The van der Waals surface area contributed by atoms with Crippen molar-refractivity contribution < 1.29 is 28.7 Å². The van der Waals surface area contributed by atoms with E-state index in [2.05, 4.69) is 10.9 Å². The van der Waals surface area contributed by atoms with Crippen LogP contribution in [0.4, 0.5) is 0 Å². The number of aliphatic imine (C=N–C) groups is 1. The van der Waals surface area contributed by atoms with Gasteiger partial charge >= 0.3 is 5.97 Å². The summed E-state index contributed by atoms with van der Waals surface area (Å²) in [5.41, 5.74) is 7.15. The van der Waals surface area contributed by atoms with Crippen LogP contribution >= 0.6 is 0 Å². The molecule has 2 aromatic carbocycles. The standard InChI is InChI=1S/C37H46N4O6/c1-45-36(44)30-14-8-13-29(18-30)34(42)39-40-35(43)32-31(23-46-37-19-25-15-26(20-37)17-27(16-25)21-37)38-33(28-11-6-3-7-12-28)41(32)47-22-24-9-4-2-5-10-24/h2,4-5,8-10,13-14,18,25-28,32-33H,3,6-7,11-12,15-17,19-23H2,1H3,(H,39,42)(H,40,43). The van der Waals surface area contributed by atoms with Gasteiger partial charge in [-0.3, -0.25) is 30.3 Å². The van der Waals surface area contributed by atoms with Crippen LogP contribution < -0.4 is 10.9 Å². The van der Waals surface area contributed by atoms with Crippen LogP contribution in [-0.2, 0) is 25.7 Å². The molecule has 2 N–H and O–H groups in total. The highest BCUT2D eigenvalue weighted by molar-refractivity contribution is 6.10. The summed E-state index contributed by atoms with van der Waals surface area (Å²) in [6.07, 6.45) is 12.4. The van der Waals surface area contributed by atoms with E-state index in [4.69, 9.17) is 19.3 Å². The minimum atomic E-state index is -0.874. The number of carbonyl (C=O) groups excluding carboxylic acids is 3. The van der Waals surface area contributed by atoms with Gasteiger partial charge in [0, 0.05) is 5.56 Å². The third kappa shape index (κ3) is 7.00. The third-order valence-electron chi connectivity index (χ3n) is 11.0. The summed E-state index contributed by atoms with van der Waals surface area (Å²) in [5.74, 6) is 0.919. The van der Waals surface area contributed by atoms with E-state index >= 15 is 0 Å². The van der Waals surface area contributed by atoms with E-state index in [0.29, 0.717) is 12.3 Å². The Labute approximate surface area is 276 Å². The highest BCUT2D eigenvalue weighted by Gasteiger charge is 2.53. The highest BCUT2D eigenvalue weighted by atomic mass is 16.7. The molecule has 0 spiro atoms. The number of ether oxygens (including phenoxy) is 2. The number of benzene rings is 2. The van der Waals surface area contributed by atoms with Crippen molar-refractivity contribution in [2.24, 2.45) is 28.7 Å². The number of nitrogens with one attached hydrogen (secondary N) is 2. The lowest BCUT2D eigenvalue weighted by Gasteiger charge is -2.56. The third-order valence-corrected chi connectivity index (χ3v) is 11.0. The maximum absolute atomic E-state index is 14.1. The molecular weight excluding hydrogens is 596 g/mol. The van der Waals surface area contributed by atoms with Crippen molar-refractivity contribution in [1.29, 1.82) is 0 Å². The van der Waals surface area contributed by atoms with E-state index in [1.807, 2.05) is 30.3 Å². The molecule has 6 aliphatic rings. The Morgan fingerprint density at radius 1 is 0.851 bits per heavy atom. The number of carbonyl (C=O) groups is 3. The molecule has 0 radical (unpaired) electrons. The van der Waals surface area contributed by atoms with Crippen LogP contribution in [0.5, 0.6) is 0 Å². The lowest BCUT2D eigenvalue weighted by molar-refractivity contribution is -0.212. The summed E-state index contributed by atoms with van der Waals surface area (Å²) >= 11 is 0. The van der Waals surface area contributed by atoms with Crippen molar-refractivity contribution >= 4 is 23.5 Å². The Hall–Kier alpha value is -3.60. The molecule has 2 atom stereocenters. The number of esters is 1. The van der Waals surface area contributed by atoms with Gasteiger partial charge < -0.3 is 9.47 Å². The fourth-order valence-corrected chi connectivity index (χ4v) is 9.20. The number of nitrogens with zero attached hydrogens (tertiary/aromatic N) is 2. The molecule has 47 heavy (non-hydrogen) atoms. The van der Waals surface area contributed by atoms with Crippen molar-refractivity contribution in [2.45, 2.75) is 95.0 Å². The second-order valence-corrected chi connectivity index (χ2v) is 14.4. The van der Waals surface area contributed by atoms with Crippen LogP contribution in [0.1, 0.15) is 96.9 Å². The largest absolute Gasteiger partial charge is 0.465 e. The van der Waals surface area contributed by atoms with Crippen LogP contribution in [0.25, 0.3) is 0 Å². The first kappa shape index (κ1) is 32.0. The molecular formula is C37H46N4O6. The average Bonchev–Trinajstić information content (AvgIpc) is 3.47. The van der Waals surface area contributed by atoms with Gasteiger partial charge in [-0.15, -0.1) is 5.06 Å². The summed E-state index contributed by atoms with van der Waals surface area (Å²) in [6, 6.07) is 15.2. The van der Waals surface area contributed by atoms with Crippen LogP contribution in [0.15, 0.2) is 59.6 Å². The average molecular weight is 643 g/mol. The van der Waals surface area contributed by atoms with Crippen molar-refractivity contribution in [3.8, 4) is 0 Å². The zero-order chi connectivity index (χ0) is 32.4. The summed E-state index contributed by atoms with van der Waals surface area (Å²) in [5, 5.41) is 1.76. The molecule has 5 aliphatic carbocycles. The highest BCUT2D eigenvalue weighted by Crippen LogP contribution is 2.57. The molecule has 5 saturated carbocycles. The SMILES string of the molecule is COC(=O)c1cccc(C(=O)NNC(=O)C2C(COC34CC5CC(CC(C5)C3)C4)=NC(C3CCCCC3)N2OCc2ccccc2)c1. The molecule has 5 fully saturated rings. The Morgan fingerprint density at radius 3 is 2.21 bits per heavy atom. The second-order valence-electron chi connectivity index (χ2n) is 14.4. The van der Waals surface area contributed by atoms with E-state index in [9.17, 15) is 14.4 Å². The monoisotopic (exact) mass is 642 g/mol. The van der Waals surface area contributed by atoms with Gasteiger partial charge in [-0.05, 0) is 98.8 Å². The molecule has 2 unspecified atom stereocenters. The van der Waals surface area contributed by atoms with Crippen LogP contribution in [0.3, 0.4) is 0 Å². The maximum Gasteiger partial charge on any atom is 0.337 e. The zero-order valence-electron chi connectivity index (χ0n) is 27.2. The van der Waals surface area contributed by atoms with Gasteiger partial charge in [-0.25, -0.2) is 4.79 Å². The minimum absolute atomic E-state index is 0.143. The molecule has 0 aromatic heterocycles. The molecule has 8 rings (SSSR count). The van der Waals surface area contributed by atoms with E-state index in [1.54, 1.807) is 23.3 Å². The molecule has 2 aromatic rings. The predicted molar refractivity (Wildman–Crippen MR) is 175 cm³/mol. The van der Waals surface area contributed by atoms with Gasteiger partial charge in [-0.2, -0.15) is 0 Å². The van der Waals surface area contributed by atoms with Gasteiger partial charge in [-0.1, -0.05) is 55.7 Å². The van der Waals surface area contributed by atoms with Crippen LogP contribution in [0.2, 0.25) is 0 Å². The Morgan fingerprint density at radius 2 is 1.53 bits per heavy atom. The fraction of sp³-hybridized carbons (Fsp3) is 0.568. The molecule has 2 amide bonds. The molecule has 4 bridgehead atoms. The maximum atomic E-state index is 14.1.